The zero-order valence-electron chi connectivity index (χ0n) is 11.9. The number of aromatic nitrogens is 1. The van der Waals surface area contributed by atoms with Gasteiger partial charge in [0.15, 0.2) is 0 Å². The predicted molar refractivity (Wildman–Crippen MR) is 85.6 cm³/mol. The Labute approximate surface area is 141 Å². The number of hydrogen-bond donors (Lipinski definition) is 0. The topological polar surface area (TPSA) is 57.7 Å². The molecule has 5 nitrogen and oxygen atoms in total. The average molecular weight is 387 g/mol. The van der Waals surface area contributed by atoms with Crippen molar-refractivity contribution in [3.63, 3.8) is 0 Å². The molecular weight excluding hydrogens is 374 g/mol. The van der Waals surface area contributed by atoms with Gasteiger partial charge in [-0.25, -0.2) is 9.78 Å². The molecule has 0 aliphatic rings. The van der Waals surface area contributed by atoms with E-state index in [2.05, 4.69) is 20.9 Å². The fourth-order valence-corrected chi connectivity index (χ4v) is 2.36. The number of methoxy groups -OCH3 is 2. The highest BCUT2D eigenvalue weighted by Crippen LogP contribution is 2.33. The molecule has 0 N–H and O–H groups in total. The maximum atomic E-state index is 12.0. The fraction of sp³-hybridized carbons (Fsp3) is 0.200. The molecule has 1 aromatic carbocycles. The molecule has 0 amide bonds. The minimum atomic E-state index is -0.492. The summed E-state index contributed by atoms with van der Waals surface area (Å²) in [4.78, 5) is 15.8. The molecule has 22 heavy (non-hydrogen) atoms. The zero-order chi connectivity index (χ0) is 16.1. The van der Waals surface area contributed by atoms with E-state index in [0.29, 0.717) is 27.8 Å². The predicted octanol–water partition coefficient (Wildman–Crippen LogP) is 3.87. The summed E-state index contributed by atoms with van der Waals surface area (Å²) in [6, 6.07) is 6.58. The number of benzene rings is 1. The minimum Gasteiger partial charge on any atom is -0.496 e. The van der Waals surface area contributed by atoms with Gasteiger partial charge in [-0.2, -0.15) is 0 Å². The van der Waals surface area contributed by atoms with Crippen LogP contribution in [0.15, 0.2) is 34.9 Å². The Balaban J connectivity index is 2.13. The molecule has 0 aliphatic heterocycles. The van der Waals surface area contributed by atoms with Crippen molar-refractivity contribution in [3.8, 4) is 11.5 Å². The molecule has 0 saturated heterocycles. The van der Waals surface area contributed by atoms with Gasteiger partial charge in [0.05, 0.1) is 24.3 Å². The molecule has 0 spiro atoms. The van der Waals surface area contributed by atoms with Crippen LogP contribution in [0.1, 0.15) is 15.9 Å². The van der Waals surface area contributed by atoms with Crippen LogP contribution in [0.3, 0.4) is 0 Å². The van der Waals surface area contributed by atoms with E-state index in [9.17, 15) is 4.79 Å². The van der Waals surface area contributed by atoms with Gasteiger partial charge in [0.25, 0.3) is 0 Å². The molecule has 1 heterocycles. The number of rotatable bonds is 5. The Kier molecular flexibility index (Phi) is 5.63. The van der Waals surface area contributed by atoms with Crippen molar-refractivity contribution in [1.29, 1.82) is 0 Å². The highest BCUT2D eigenvalue weighted by molar-refractivity contribution is 9.10. The number of esters is 1. The van der Waals surface area contributed by atoms with Gasteiger partial charge in [0.2, 0.25) is 0 Å². The lowest BCUT2D eigenvalue weighted by Crippen LogP contribution is -2.06. The van der Waals surface area contributed by atoms with Crippen LogP contribution in [-0.4, -0.2) is 25.2 Å². The van der Waals surface area contributed by atoms with E-state index in [1.165, 1.54) is 12.3 Å². The molecule has 2 rings (SSSR count). The minimum absolute atomic E-state index is 0.0499. The van der Waals surface area contributed by atoms with Crippen LogP contribution < -0.4 is 9.47 Å². The summed E-state index contributed by atoms with van der Waals surface area (Å²) in [5, 5.41) is 0.316. The van der Waals surface area contributed by atoms with Crippen molar-refractivity contribution in [2.75, 3.05) is 14.2 Å². The summed E-state index contributed by atoms with van der Waals surface area (Å²) in [5.41, 5.74) is 1.02. The first-order chi connectivity index (χ1) is 10.5. The monoisotopic (exact) mass is 385 g/mol. The number of nitrogens with zero attached hydrogens (tertiary/aromatic N) is 1. The van der Waals surface area contributed by atoms with Crippen LogP contribution >= 0.6 is 27.5 Å². The maximum absolute atomic E-state index is 12.0. The zero-order valence-corrected chi connectivity index (χ0v) is 14.3. The van der Waals surface area contributed by atoms with Crippen molar-refractivity contribution in [1.82, 2.24) is 4.98 Å². The van der Waals surface area contributed by atoms with Crippen molar-refractivity contribution >= 4 is 33.5 Å². The number of hydrogen-bond acceptors (Lipinski definition) is 5. The van der Waals surface area contributed by atoms with Crippen LogP contribution in [0.5, 0.6) is 11.5 Å². The van der Waals surface area contributed by atoms with Gasteiger partial charge in [-0.05, 0) is 40.2 Å². The van der Waals surface area contributed by atoms with E-state index in [0.717, 1.165) is 4.47 Å². The summed E-state index contributed by atoms with van der Waals surface area (Å²) in [7, 11) is 3.10. The summed E-state index contributed by atoms with van der Waals surface area (Å²) < 4.78 is 16.5. The Hall–Kier alpha value is -1.79. The third kappa shape index (κ3) is 3.90. The molecule has 0 fully saturated rings. The molecule has 0 aliphatic carbocycles. The Morgan fingerprint density at radius 3 is 2.55 bits per heavy atom. The standard InChI is InChI=1S/C15H13BrClNO4/c1-20-12-6-11(16)13(21-2)5-10(12)8-22-15(19)9-3-4-14(17)18-7-9/h3-7H,8H2,1-2H3. The molecule has 0 unspecified atom stereocenters. The number of carbonyl (C=O) groups excluding carboxylic acids is 1. The quantitative estimate of drug-likeness (QED) is 0.577. The molecule has 0 atom stereocenters. The average Bonchev–Trinajstić information content (AvgIpc) is 2.53. The lowest BCUT2D eigenvalue weighted by molar-refractivity contribution is 0.0469. The molecular formula is C15H13BrClNO4. The summed E-state index contributed by atoms with van der Waals surface area (Å²) >= 11 is 9.05. The second-order valence-corrected chi connectivity index (χ2v) is 5.49. The largest absolute Gasteiger partial charge is 0.496 e. The van der Waals surface area contributed by atoms with E-state index < -0.39 is 5.97 Å². The normalized spacial score (nSPS) is 10.2. The van der Waals surface area contributed by atoms with Crippen LogP contribution in [0.4, 0.5) is 0 Å². The summed E-state index contributed by atoms with van der Waals surface area (Å²) in [6.07, 6.45) is 1.37. The van der Waals surface area contributed by atoms with E-state index in [1.54, 1.807) is 32.4 Å². The van der Waals surface area contributed by atoms with Gasteiger partial charge in [0, 0.05) is 11.8 Å². The first-order valence-electron chi connectivity index (χ1n) is 6.24. The third-order valence-corrected chi connectivity index (χ3v) is 3.72. The van der Waals surface area contributed by atoms with E-state index >= 15 is 0 Å². The first-order valence-corrected chi connectivity index (χ1v) is 7.41. The molecule has 1 aromatic heterocycles. The fourth-order valence-electron chi connectivity index (χ4n) is 1.76. The van der Waals surface area contributed by atoms with Gasteiger partial charge < -0.3 is 14.2 Å². The molecule has 7 heteroatoms. The van der Waals surface area contributed by atoms with Gasteiger partial charge in [0.1, 0.15) is 23.3 Å². The van der Waals surface area contributed by atoms with Gasteiger partial charge in [-0.15, -0.1) is 0 Å². The highest BCUT2D eigenvalue weighted by Gasteiger charge is 2.13. The molecule has 0 saturated carbocycles. The van der Waals surface area contributed by atoms with Crippen molar-refractivity contribution in [3.05, 3.63) is 51.2 Å². The van der Waals surface area contributed by atoms with Crippen LogP contribution in [-0.2, 0) is 11.3 Å². The number of carbonyl (C=O) groups is 1. The van der Waals surface area contributed by atoms with Crippen molar-refractivity contribution in [2.24, 2.45) is 0 Å². The van der Waals surface area contributed by atoms with Crippen molar-refractivity contribution < 1.29 is 19.0 Å². The smallest absolute Gasteiger partial charge is 0.340 e. The lowest BCUT2D eigenvalue weighted by atomic mass is 10.2. The molecule has 2 aromatic rings. The van der Waals surface area contributed by atoms with Crippen LogP contribution in [0, 0.1) is 0 Å². The van der Waals surface area contributed by atoms with Gasteiger partial charge >= 0.3 is 5.97 Å². The maximum Gasteiger partial charge on any atom is 0.340 e. The Morgan fingerprint density at radius 1 is 1.23 bits per heavy atom. The molecule has 116 valence electrons. The highest BCUT2D eigenvalue weighted by atomic mass is 79.9. The summed E-state index contributed by atoms with van der Waals surface area (Å²) in [5.74, 6) is 0.725. The number of pyridine rings is 1. The van der Waals surface area contributed by atoms with Crippen molar-refractivity contribution in [2.45, 2.75) is 6.61 Å². The van der Waals surface area contributed by atoms with Crippen LogP contribution in [0.2, 0.25) is 5.15 Å². The van der Waals surface area contributed by atoms with E-state index in [4.69, 9.17) is 25.8 Å². The van der Waals surface area contributed by atoms with Gasteiger partial charge in [-0.1, -0.05) is 11.6 Å². The van der Waals surface area contributed by atoms with E-state index in [-0.39, 0.29) is 6.61 Å². The number of halogens is 2. The molecule has 0 radical (unpaired) electrons. The number of ether oxygens (including phenoxy) is 3. The third-order valence-electron chi connectivity index (χ3n) is 2.88. The van der Waals surface area contributed by atoms with E-state index in [1.807, 2.05) is 0 Å². The Bertz CT molecular complexity index is 676. The second-order valence-electron chi connectivity index (χ2n) is 4.24. The molecule has 0 bridgehead atoms. The summed E-state index contributed by atoms with van der Waals surface area (Å²) in [6.45, 7) is 0.0499. The lowest BCUT2D eigenvalue weighted by Gasteiger charge is -2.12. The SMILES string of the molecule is COc1cc(COC(=O)c2ccc(Cl)nc2)c(OC)cc1Br. The second kappa shape index (κ2) is 7.47. The Morgan fingerprint density at radius 2 is 1.95 bits per heavy atom. The first kappa shape index (κ1) is 16.6. The van der Waals surface area contributed by atoms with Gasteiger partial charge in [-0.3, -0.25) is 0 Å². The van der Waals surface area contributed by atoms with Crippen LogP contribution in [0.25, 0.3) is 0 Å².